The van der Waals surface area contributed by atoms with Crippen molar-refractivity contribution in [1.29, 1.82) is 0 Å². The highest BCUT2D eigenvalue weighted by atomic mass is 35.5. The number of fused-ring (bicyclic) bond motifs is 1. The minimum absolute atomic E-state index is 0.616. The minimum atomic E-state index is 0.616. The van der Waals surface area contributed by atoms with Crippen LogP contribution in [0.5, 0.6) is 5.75 Å². The third-order valence-corrected chi connectivity index (χ3v) is 4.71. The van der Waals surface area contributed by atoms with Gasteiger partial charge in [-0.15, -0.1) is 11.6 Å². The Hall–Kier alpha value is -1.22. The van der Waals surface area contributed by atoms with Crippen molar-refractivity contribution in [3.05, 3.63) is 24.0 Å². The first kappa shape index (κ1) is 14.7. The molecule has 4 heteroatoms. The smallest absolute Gasteiger partial charge is 0.121 e. The molecule has 2 aromatic rings. The van der Waals surface area contributed by atoms with Crippen LogP contribution in [-0.2, 0) is 13.0 Å². The van der Waals surface area contributed by atoms with Crippen LogP contribution in [0.4, 0.5) is 0 Å². The number of methoxy groups -OCH3 is 1. The van der Waals surface area contributed by atoms with Crippen LogP contribution in [0.1, 0.15) is 37.9 Å². The topological polar surface area (TPSA) is 27.1 Å². The van der Waals surface area contributed by atoms with Gasteiger partial charge in [0.05, 0.1) is 18.1 Å². The van der Waals surface area contributed by atoms with Crippen molar-refractivity contribution in [3.8, 4) is 5.75 Å². The van der Waals surface area contributed by atoms with E-state index >= 15 is 0 Å². The summed E-state index contributed by atoms with van der Waals surface area (Å²) in [6.07, 6.45) is 7.65. The van der Waals surface area contributed by atoms with Gasteiger partial charge in [-0.1, -0.05) is 19.3 Å². The van der Waals surface area contributed by atoms with E-state index in [1.54, 1.807) is 7.11 Å². The van der Waals surface area contributed by atoms with Crippen LogP contribution in [0.2, 0.25) is 0 Å². The Bertz CT molecular complexity index is 602. The predicted molar refractivity (Wildman–Crippen MR) is 87.3 cm³/mol. The van der Waals surface area contributed by atoms with Crippen molar-refractivity contribution < 1.29 is 4.74 Å². The van der Waals surface area contributed by atoms with Crippen LogP contribution in [0.25, 0.3) is 11.0 Å². The van der Waals surface area contributed by atoms with E-state index in [0.717, 1.165) is 36.0 Å². The van der Waals surface area contributed by atoms with Gasteiger partial charge in [0, 0.05) is 24.9 Å². The minimum Gasteiger partial charge on any atom is -0.497 e. The normalized spacial score (nSPS) is 16.5. The van der Waals surface area contributed by atoms with Crippen LogP contribution in [-0.4, -0.2) is 22.5 Å². The molecule has 21 heavy (non-hydrogen) atoms. The average Bonchev–Trinajstić information content (AvgIpc) is 2.85. The summed E-state index contributed by atoms with van der Waals surface area (Å²) in [5.74, 6) is 3.37. The lowest BCUT2D eigenvalue weighted by Gasteiger charge is -2.23. The summed E-state index contributed by atoms with van der Waals surface area (Å²) >= 11 is 5.96. The standard InChI is InChI=1S/C17H23ClN2O/c1-21-14-7-8-16-15(11-14)19-17(9-10-18)20(16)12-13-5-3-2-4-6-13/h7-8,11,13H,2-6,9-10,12H2,1H3. The van der Waals surface area contributed by atoms with Crippen molar-refractivity contribution in [2.45, 2.75) is 45.1 Å². The number of hydrogen-bond donors (Lipinski definition) is 0. The summed E-state index contributed by atoms with van der Waals surface area (Å²) in [5, 5.41) is 0. The van der Waals surface area contributed by atoms with E-state index in [-0.39, 0.29) is 0 Å². The molecule has 0 bridgehead atoms. The highest BCUT2D eigenvalue weighted by Crippen LogP contribution is 2.28. The largest absolute Gasteiger partial charge is 0.497 e. The molecular formula is C17H23ClN2O. The van der Waals surface area contributed by atoms with Crippen LogP contribution in [0.3, 0.4) is 0 Å². The summed E-state index contributed by atoms with van der Waals surface area (Å²) in [7, 11) is 1.69. The number of imidazole rings is 1. The zero-order valence-corrected chi connectivity index (χ0v) is 13.4. The molecule has 1 fully saturated rings. The second kappa shape index (κ2) is 6.69. The van der Waals surface area contributed by atoms with Gasteiger partial charge in [0.1, 0.15) is 11.6 Å². The number of aryl methyl sites for hydroxylation is 1. The molecular weight excluding hydrogens is 284 g/mol. The molecule has 1 heterocycles. The monoisotopic (exact) mass is 306 g/mol. The summed E-state index contributed by atoms with van der Waals surface area (Å²) in [6, 6.07) is 6.16. The van der Waals surface area contributed by atoms with E-state index < -0.39 is 0 Å². The van der Waals surface area contributed by atoms with Crippen molar-refractivity contribution in [1.82, 2.24) is 9.55 Å². The van der Waals surface area contributed by atoms with Crippen molar-refractivity contribution in [2.24, 2.45) is 5.92 Å². The molecule has 114 valence electrons. The molecule has 0 aliphatic heterocycles. The second-order valence-electron chi connectivity index (χ2n) is 5.94. The number of hydrogen-bond acceptors (Lipinski definition) is 2. The Balaban J connectivity index is 1.94. The van der Waals surface area contributed by atoms with Gasteiger partial charge in [0.2, 0.25) is 0 Å². The maximum absolute atomic E-state index is 5.96. The predicted octanol–water partition coefficient (Wildman–Crippen LogP) is 4.41. The van der Waals surface area contributed by atoms with E-state index in [1.165, 1.54) is 37.6 Å². The second-order valence-corrected chi connectivity index (χ2v) is 6.31. The molecule has 3 nitrogen and oxygen atoms in total. The first-order chi connectivity index (χ1) is 10.3. The molecule has 0 unspecified atom stereocenters. The Kier molecular flexibility index (Phi) is 4.69. The number of rotatable bonds is 5. The van der Waals surface area contributed by atoms with Gasteiger partial charge >= 0.3 is 0 Å². The molecule has 0 N–H and O–H groups in total. The van der Waals surface area contributed by atoms with Crippen molar-refractivity contribution in [2.75, 3.05) is 13.0 Å². The first-order valence-corrected chi connectivity index (χ1v) is 8.44. The number of halogens is 1. The van der Waals surface area contributed by atoms with E-state index in [4.69, 9.17) is 21.3 Å². The fraction of sp³-hybridized carbons (Fsp3) is 0.588. The molecule has 0 amide bonds. The Labute approximate surface area is 131 Å². The third kappa shape index (κ3) is 3.18. The first-order valence-electron chi connectivity index (χ1n) is 7.91. The van der Waals surface area contributed by atoms with Crippen molar-refractivity contribution >= 4 is 22.6 Å². The molecule has 1 saturated carbocycles. The van der Waals surface area contributed by atoms with Gasteiger partial charge < -0.3 is 9.30 Å². The fourth-order valence-corrected chi connectivity index (χ4v) is 3.56. The fourth-order valence-electron chi connectivity index (χ4n) is 3.39. The lowest BCUT2D eigenvalue weighted by atomic mass is 9.89. The third-order valence-electron chi connectivity index (χ3n) is 4.52. The molecule has 1 aromatic carbocycles. The molecule has 3 rings (SSSR count). The van der Waals surface area contributed by atoms with E-state index in [1.807, 2.05) is 12.1 Å². The van der Waals surface area contributed by atoms with E-state index in [2.05, 4.69) is 10.6 Å². The van der Waals surface area contributed by atoms with Gasteiger partial charge in [-0.2, -0.15) is 0 Å². The number of ether oxygens (including phenoxy) is 1. The van der Waals surface area contributed by atoms with Gasteiger partial charge in [-0.25, -0.2) is 4.98 Å². The Morgan fingerprint density at radius 3 is 2.81 bits per heavy atom. The highest BCUT2D eigenvalue weighted by Gasteiger charge is 2.18. The molecule has 0 atom stereocenters. The van der Waals surface area contributed by atoms with E-state index in [0.29, 0.717) is 5.88 Å². The Morgan fingerprint density at radius 1 is 1.29 bits per heavy atom. The number of alkyl halides is 1. The van der Waals surface area contributed by atoms with Gasteiger partial charge in [0.15, 0.2) is 0 Å². The lowest BCUT2D eigenvalue weighted by molar-refractivity contribution is 0.319. The van der Waals surface area contributed by atoms with Crippen molar-refractivity contribution in [3.63, 3.8) is 0 Å². The molecule has 1 aliphatic carbocycles. The summed E-state index contributed by atoms with van der Waals surface area (Å²) in [5.41, 5.74) is 2.23. The van der Waals surface area contributed by atoms with Gasteiger partial charge in [-0.3, -0.25) is 0 Å². The molecule has 0 saturated heterocycles. The zero-order chi connectivity index (χ0) is 14.7. The summed E-state index contributed by atoms with van der Waals surface area (Å²) < 4.78 is 7.69. The quantitative estimate of drug-likeness (QED) is 0.765. The number of benzene rings is 1. The summed E-state index contributed by atoms with van der Waals surface area (Å²) in [4.78, 5) is 4.78. The van der Waals surface area contributed by atoms with Crippen LogP contribution >= 0.6 is 11.6 Å². The van der Waals surface area contributed by atoms with Gasteiger partial charge in [-0.05, 0) is 30.9 Å². The number of nitrogens with zero attached hydrogens (tertiary/aromatic N) is 2. The van der Waals surface area contributed by atoms with Crippen LogP contribution < -0.4 is 4.74 Å². The van der Waals surface area contributed by atoms with E-state index in [9.17, 15) is 0 Å². The molecule has 1 aromatic heterocycles. The van der Waals surface area contributed by atoms with Crippen LogP contribution in [0.15, 0.2) is 18.2 Å². The maximum atomic E-state index is 5.96. The number of aromatic nitrogens is 2. The lowest BCUT2D eigenvalue weighted by Crippen LogP contribution is -2.16. The summed E-state index contributed by atoms with van der Waals surface area (Å²) in [6.45, 7) is 1.08. The Morgan fingerprint density at radius 2 is 2.10 bits per heavy atom. The zero-order valence-electron chi connectivity index (χ0n) is 12.6. The van der Waals surface area contributed by atoms with Gasteiger partial charge in [0.25, 0.3) is 0 Å². The molecule has 0 radical (unpaired) electrons. The van der Waals surface area contributed by atoms with Crippen LogP contribution in [0, 0.1) is 5.92 Å². The SMILES string of the molecule is COc1ccc2c(c1)nc(CCCl)n2CC1CCCCC1. The molecule has 1 aliphatic rings. The highest BCUT2D eigenvalue weighted by molar-refractivity contribution is 6.17. The maximum Gasteiger partial charge on any atom is 0.121 e. The average molecular weight is 307 g/mol. The molecule has 0 spiro atoms.